The third kappa shape index (κ3) is 2.07. The first kappa shape index (κ1) is 11.8. The number of carbonyl (C=O) groups excluding carboxylic acids is 1. The van der Waals surface area contributed by atoms with Gasteiger partial charge in [0.15, 0.2) is 17.8 Å². The Labute approximate surface area is 110 Å². The monoisotopic (exact) mass is 259 g/mol. The van der Waals surface area contributed by atoms with Gasteiger partial charge in [0, 0.05) is 12.0 Å². The highest BCUT2D eigenvalue weighted by Crippen LogP contribution is 2.31. The quantitative estimate of drug-likeness (QED) is 0.792. The van der Waals surface area contributed by atoms with Gasteiger partial charge in [-0.3, -0.25) is 0 Å². The lowest BCUT2D eigenvalue weighted by Gasteiger charge is -2.03. The van der Waals surface area contributed by atoms with Crippen LogP contribution in [0.4, 0.5) is 0 Å². The van der Waals surface area contributed by atoms with E-state index < -0.39 is 5.97 Å². The van der Waals surface area contributed by atoms with Gasteiger partial charge in [-0.05, 0) is 30.7 Å². The van der Waals surface area contributed by atoms with Crippen LogP contribution in [0.1, 0.15) is 23.0 Å². The van der Waals surface area contributed by atoms with Crippen LogP contribution in [-0.2, 0) is 11.2 Å². The number of rotatable bonds is 3. The second-order valence-corrected chi connectivity index (χ2v) is 4.17. The Hall–Kier alpha value is -2.30. The molecule has 0 amide bonds. The number of esters is 1. The van der Waals surface area contributed by atoms with Crippen molar-refractivity contribution >= 4 is 5.97 Å². The molecule has 1 aliphatic heterocycles. The van der Waals surface area contributed by atoms with Crippen LogP contribution in [0, 0.1) is 0 Å². The second-order valence-electron chi connectivity index (χ2n) is 4.17. The smallest absolute Gasteiger partial charge is 0.360 e. The molecule has 0 saturated carbocycles. The molecule has 2 heterocycles. The lowest BCUT2D eigenvalue weighted by atomic mass is 10.1. The fourth-order valence-electron chi connectivity index (χ4n) is 2.12. The predicted molar refractivity (Wildman–Crippen MR) is 67.1 cm³/mol. The van der Waals surface area contributed by atoms with E-state index in [-0.39, 0.29) is 5.69 Å². The number of hydrogen-bond acceptors (Lipinski definition) is 5. The molecule has 0 aliphatic carbocycles. The summed E-state index contributed by atoms with van der Waals surface area (Å²) in [6.45, 7) is 2.76. The number of oxazole rings is 1. The molecule has 0 bridgehead atoms. The second kappa shape index (κ2) is 4.76. The van der Waals surface area contributed by atoms with Gasteiger partial charge in [0.25, 0.3) is 0 Å². The van der Waals surface area contributed by atoms with E-state index in [1.807, 2.05) is 18.2 Å². The van der Waals surface area contributed by atoms with Crippen molar-refractivity contribution in [3.8, 4) is 17.1 Å². The van der Waals surface area contributed by atoms with Crippen molar-refractivity contribution < 1.29 is 18.7 Å². The van der Waals surface area contributed by atoms with Gasteiger partial charge in [0.1, 0.15) is 5.75 Å². The molecular formula is C14H13NO4. The van der Waals surface area contributed by atoms with Crippen LogP contribution in [0.5, 0.6) is 5.75 Å². The van der Waals surface area contributed by atoms with Crippen LogP contribution < -0.4 is 4.74 Å². The number of fused-ring (bicyclic) bond motifs is 1. The zero-order valence-electron chi connectivity index (χ0n) is 10.5. The summed E-state index contributed by atoms with van der Waals surface area (Å²) in [6, 6.07) is 5.70. The van der Waals surface area contributed by atoms with E-state index in [0.717, 1.165) is 23.3 Å². The molecule has 0 N–H and O–H groups in total. The van der Waals surface area contributed by atoms with E-state index in [0.29, 0.717) is 19.0 Å². The van der Waals surface area contributed by atoms with Gasteiger partial charge >= 0.3 is 5.97 Å². The molecule has 0 unspecified atom stereocenters. The molecule has 0 radical (unpaired) electrons. The molecule has 0 saturated heterocycles. The summed E-state index contributed by atoms with van der Waals surface area (Å²) in [4.78, 5) is 15.7. The van der Waals surface area contributed by atoms with Crippen molar-refractivity contribution in [2.75, 3.05) is 13.2 Å². The first-order valence-electron chi connectivity index (χ1n) is 6.16. The highest BCUT2D eigenvalue weighted by Gasteiger charge is 2.21. The van der Waals surface area contributed by atoms with Gasteiger partial charge in [-0.1, -0.05) is 0 Å². The summed E-state index contributed by atoms with van der Waals surface area (Å²) in [5, 5.41) is 0. The zero-order chi connectivity index (χ0) is 13.2. The Morgan fingerprint density at radius 1 is 1.47 bits per heavy atom. The minimum Gasteiger partial charge on any atom is -0.493 e. The maximum Gasteiger partial charge on any atom is 0.360 e. The van der Waals surface area contributed by atoms with Crippen molar-refractivity contribution in [1.82, 2.24) is 4.98 Å². The van der Waals surface area contributed by atoms with Crippen molar-refractivity contribution in [2.24, 2.45) is 0 Å². The first-order valence-corrected chi connectivity index (χ1v) is 6.16. The number of nitrogens with zero attached hydrogens (tertiary/aromatic N) is 1. The van der Waals surface area contributed by atoms with Gasteiger partial charge in [0.2, 0.25) is 0 Å². The normalized spacial score (nSPS) is 12.9. The largest absolute Gasteiger partial charge is 0.493 e. The number of hydrogen-bond donors (Lipinski definition) is 0. The molecule has 3 rings (SSSR count). The lowest BCUT2D eigenvalue weighted by Crippen LogP contribution is -2.06. The predicted octanol–water partition coefficient (Wildman–Crippen LogP) is 2.45. The molecule has 5 nitrogen and oxygen atoms in total. The van der Waals surface area contributed by atoms with E-state index in [1.165, 1.54) is 6.39 Å². The lowest BCUT2D eigenvalue weighted by molar-refractivity contribution is 0.0520. The molecule has 1 aliphatic rings. The Morgan fingerprint density at radius 2 is 2.37 bits per heavy atom. The minimum atomic E-state index is -0.469. The molecule has 0 spiro atoms. The molecule has 2 aromatic rings. The third-order valence-corrected chi connectivity index (χ3v) is 2.99. The van der Waals surface area contributed by atoms with Gasteiger partial charge in [-0.15, -0.1) is 0 Å². The summed E-state index contributed by atoms with van der Waals surface area (Å²) < 4.78 is 15.7. The van der Waals surface area contributed by atoms with E-state index in [4.69, 9.17) is 13.9 Å². The van der Waals surface area contributed by atoms with Crippen LogP contribution in [0.2, 0.25) is 0 Å². The summed E-state index contributed by atoms with van der Waals surface area (Å²) in [7, 11) is 0. The van der Waals surface area contributed by atoms with Gasteiger partial charge in [-0.25, -0.2) is 9.78 Å². The molecule has 1 aromatic carbocycles. The van der Waals surface area contributed by atoms with Crippen molar-refractivity contribution in [3.63, 3.8) is 0 Å². The zero-order valence-corrected chi connectivity index (χ0v) is 10.5. The summed E-state index contributed by atoms with van der Waals surface area (Å²) in [5.74, 6) is 0.858. The number of ether oxygens (including phenoxy) is 2. The highest BCUT2D eigenvalue weighted by atomic mass is 16.5. The Morgan fingerprint density at radius 3 is 3.21 bits per heavy atom. The molecule has 0 atom stereocenters. The highest BCUT2D eigenvalue weighted by molar-refractivity contribution is 5.93. The van der Waals surface area contributed by atoms with Crippen LogP contribution >= 0.6 is 0 Å². The standard InChI is InChI=1S/C14H13NO4/c1-2-17-14(16)12-13(19-8-15-12)10-3-4-11-9(7-10)5-6-18-11/h3-4,7-8H,2,5-6H2,1H3. The minimum absolute atomic E-state index is 0.209. The van der Waals surface area contributed by atoms with E-state index >= 15 is 0 Å². The van der Waals surface area contributed by atoms with Crippen LogP contribution in [0.3, 0.4) is 0 Å². The molecular weight excluding hydrogens is 246 g/mol. The van der Waals surface area contributed by atoms with Crippen molar-refractivity contribution in [3.05, 3.63) is 35.9 Å². The van der Waals surface area contributed by atoms with Gasteiger partial charge < -0.3 is 13.9 Å². The average molecular weight is 259 g/mol. The van der Waals surface area contributed by atoms with Gasteiger partial charge in [-0.2, -0.15) is 0 Å². The molecule has 19 heavy (non-hydrogen) atoms. The Bertz CT molecular complexity index is 618. The SMILES string of the molecule is CCOC(=O)c1ncoc1-c1ccc2c(c1)CCO2. The van der Waals surface area contributed by atoms with E-state index in [1.54, 1.807) is 6.92 Å². The van der Waals surface area contributed by atoms with Crippen LogP contribution in [0.15, 0.2) is 29.0 Å². The summed E-state index contributed by atoms with van der Waals surface area (Å²) in [5.41, 5.74) is 2.13. The molecule has 0 fully saturated rings. The fourth-order valence-corrected chi connectivity index (χ4v) is 2.12. The molecule has 98 valence electrons. The third-order valence-electron chi connectivity index (χ3n) is 2.99. The Balaban J connectivity index is 1.99. The first-order chi connectivity index (χ1) is 9.29. The number of aromatic nitrogens is 1. The van der Waals surface area contributed by atoms with E-state index in [2.05, 4.69) is 4.98 Å². The van der Waals surface area contributed by atoms with Crippen LogP contribution in [0.25, 0.3) is 11.3 Å². The molecule has 5 heteroatoms. The number of benzene rings is 1. The average Bonchev–Trinajstić information content (AvgIpc) is 3.07. The maximum atomic E-state index is 11.8. The topological polar surface area (TPSA) is 61.6 Å². The Kier molecular flexibility index (Phi) is 2.95. The number of carbonyl (C=O) groups is 1. The molecule has 1 aromatic heterocycles. The summed E-state index contributed by atoms with van der Waals surface area (Å²) >= 11 is 0. The fraction of sp³-hybridized carbons (Fsp3) is 0.286. The van der Waals surface area contributed by atoms with Crippen molar-refractivity contribution in [2.45, 2.75) is 13.3 Å². The van der Waals surface area contributed by atoms with E-state index in [9.17, 15) is 4.79 Å². The summed E-state index contributed by atoms with van der Waals surface area (Å²) in [6.07, 6.45) is 2.12. The van der Waals surface area contributed by atoms with Gasteiger partial charge in [0.05, 0.1) is 13.2 Å². The van der Waals surface area contributed by atoms with Crippen molar-refractivity contribution in [1.29, 1.82) is 0 Å². The maximum absolute atomic E-state index is 11.8. The van der Waals surface area contributed by atoms with Crippen LogP contribution in [-0.4, -0.2) is 24.2 Å².